The van der Waals surface area contributed by atoms with Crippen molar-refractivity contribution in [2.24, 2.45) is 0 Å². The van der Waals surface area contributed by atoms with Gasteiger partial charge in [-0.15, -0.1) is 0 Å². The van der Waals surface area contributed by atoms with E-state index in [-0.39, 0.29) is 11.9 Å². The van der Waals surface area contributed by atoms with Crippen LogP contribution in [0.25, 0.3) is 0 Å². The molecule has 0 radical (unpaired) electrons. The van der Waals surface area contributed by atoms with E-state index in [9.17, 15) is 4.79 Å². The van der Waals surface area contributed by atoms with Crippen LogP contribution in [0.4, 0.5) is 0 Å². The van der Waals surface area contributed by atoms with Gasteiger partial charge >= 0.3 is 0 Å². The fourth-order valence-electron chi connectivity index (χ4n) is 2.50. The second kappa shape index (κ2) is 5.52. The molecule has 0 spiro atoms. The van der Waals surface area contributed by atoms with Gasteiger partial charge in [0.2, 0.25) is 5.91 Å². The number of aryl methyl sites for hydroxylation is 1. The van der Waals surface area contributed by atoms with Crippen LogP contribution in [0.15, 0.2) is 0 Å². The second-order valence-corrected chi connectivity index (χ2v) is 4.82. The first-order valence-electron chi connectivity index (χ1n) is 6.70. The van der Waals surface area contributed by atoms with E-state index in [1.54, 1.807) is 0 Å². The number of hydrogen-bond donors (Lipinski definition) is 2. The number of imidazole rings is 1. The summed E-state index contributed by atoms with van der Waals surface area (Å²) < 4.78 is 2.08. The van der Waals surface area contributed by atoms with E-state index < -0.39 is 0 Å². The molecule has 1 aliphatic heterocycles. The number of amides is 1. The minimum absolute atomic E-state index is 0.0821. The average Bonchev–Trinajstić information content (AvgIpc) is 2.70. The molecule has 0 aliphatic carbocycles. The van der Waals surface area contributed by atoms with E-state index in [4.69, 9.17) is 0 Å². The molecule has 100 valence electrons. The fraction of sp³-hybridized carbons (Fsp3) is 0.692. The molecule has 1 atom stereocenters. The Hall–Kier alpha value is -1.36. The number of aromatic nitrogens is 2. The highest BCUT2D eigenvalue weighted by atomic mass is 16.2. The maximum atomic E-state index is 12.1. The molecule has 2 heterocycles. The Morgan fingerprint density at radius 2 is 2.39 bits per heavy atom. The van der Waals surface area contributed by atoms with Gasteiger partial charge in [0.25, 0.3) is 0 Å². The van der Waals surface area contributed by atoms with Gasteiger partial charge < -0.3 is 15.2 Å². The van der Waals surface area contributed by atoms with Gasteiger partial charge in [-0.25, -0.2) is 4.98 Å². The summed E-state index contributed by atoms with van der Waals surface area (Å²) in [5.74, 6) is 1.02. The molecule has 1 unspecified atom stereocenters. The first-order chi connectivity index (χ1) is 8.65. The van der Waals surface area contributed by atoms with Crippen molar-refractivity contribution >= 4 is 5.91 Å². The number of carbonyl (C=O) groups excluding carboxylic acids is 1. The smallest absolute Gasteiger partial charge is 0.242 e. The summed E-state index contributed by atoms with van der Waals surface area (Å²) >= 11 is 0. The third-order valence-electron chi connectivity index (χ3n) is 3.42. The van der Waals surface area contributed by atoms with Crippen LogP contribution in [0, 0.1) is 6.92 Å². The van der Waals surface area contributed by atoms with Crippen molar-refractivity contribution in [3.05, 3.63) is 17.2 Å². The average molecular weight is 250 g/mol. The quantitative estimate of drug-likeness (QED) is 0.835. The molecular formula is C13H22N4O. The van der Waals surface area contributed by atoms with Gasteiger partial charge in [0, 0.05) is 31.7 Å². The van der Waals surface area contributed by atoms with Gasteiger partial charge in [-0.05, 0) is 20.3 Å². The van der Waals surface area contributed by atoms with E-state index in [0.29, 0.717) is 0 Å². The number of nitrogens with zero attached hydrogens (tertiary/aromatic N) is 2. The summed E-state index contributed by atoms with van der Waals surface area (Å²) in [6.45, 7) is 8.49. The molecule has 0 saturated carbocycles. The fourth-order valence-corrected chi connectivity index (χ4v) is 2.50. The Kier molecular flexibility index (Phi) is 4.01. The number of fused-ring (bicyclic) bond motifs is 1. The summed E-state index contributed by atoms with van der Waals surface area (Å²) in [4.78, 5) is 16.6. The van der Waals surface area contributed by atoms with E-state index in [1.807, 2.05) is 13.8 Å². The zero-order valence-electron chi connectivity index (χ0n) is 11.4. The number of hydrogen-bond acceptors (Lipinski definition) is 3. The zero-order chi connectivity index (χ0) is 13.1. The van der Waals surface area contributed by atoms with Crippen LogP contribution in [0.5, 0.6) is 0 Å². The van der Waals surface area contributed by atoms with Crippen LogP contribution in [0.1, 0.15) is 43.5 Å². The Morgan fingerprint density at radius 3 is 3.11 bits per heavy atom. The molecular weight excluding hydrogens is 228 g/mol. The minimum Gasteiger partial charge on any atom is -0.354 e. The molecule has 0 fully saturated rings. The van der Waals surface area contributed by atoms with Gasteiger partial charge in [0.1, 0.15) is 11.9 Å². The molecule has 1 aliphatic rings. The number of rotatable bonds is 4. The predicted molar refractivity (Wildman–Crippen MR) is 70.4 cm³/mol. The zero-order valence-corrected chi connectivity index (χ0v) is 11.4. The molecule has 0 bridgehead atoms. The van der Waals surface area contributed by atoms with Gasteiger partial charge in [0.05, 0.1) is 5.69 Å². The van der Waals surface area contributed by atoms with Crippen molar-refractivity contribution < 1.29 is 4.79 Å². The normalized spacial score (nSPS) is 16.2. The van der Waals surface area contributed by atoms with Crippen LogP contribution in [0.3, 0.4) is 0 Å². The first-order valence-corrected chi connectivity index (χ1v) is 6.70. The summed E-state index contributed by atoms with van der Waals surface area (Å²) in [6.07, 6.45) is 1.91. The Bertz CT molecular complexity index is 438. The maximum Gasteiger partial charge on any atom is 0.242 e. The lowest BCUT2D eigenvalue weighted by molar-refractivity contribution is -0.123. The summed E-state index contributed by atoms with van der Waals surface area (Å²) in [6, 6.07) is -0.175. The lowest BCUT2D eigenvalue weighted by atomic mass is 10.1. The summed E-state index contributed by atoms with van der Waals surface area (Å²) in [7, 11) is 0. The molecule has 1 aromatic heterocycles. The highest BCUT2D eigenvalue weighted by Crippen LogP contribution is 2.20. The van der Waals surface area contributed by atoms with Crippen molar-refractivity contribution in [2.75, 3.05) is 13.1 Å². The molecule has 5 nitrogen and oxygen atoms in total. The third-order valence-corrected chi connectivity index (χ3v) is 3.42. The molecule has 1 amide bonds. The topological polar surface area (TPSA) is 59.0 Å². The van der Waals surface area contributed by atoms with Gasteiger partial charge in [-0.2, -0.15) is 0 Å². The molecule has 0 aromatic carbocycles. The highest BCUT2D eigenvalue weighted by Gasteiger charge is 2.24. The van der Waals surface area contributed by atoms with E-state index in [1.165, 1.54) is 5.69 Å². The largest absolute Gasteiger partial charge is 0.354 e. The van der Waals surface area contributed by atoms with E-state index in [2.05, 4.69) is 27.1 Å². The van der Waals surface area contributed by atoms with Crippen LogP contribution in [-0.2, 0) is 17.8 Å². The van der Waals surface area contributed by atoms with Crippen molar-refractivity contribution in [3.8, 4) is 0 Å². The number of nitrogens with one attached hydrogen (secondary N) is 2. The number of carbonyl (C=O) groups is 1. The maximum absolute atomic E-state index is 12.1. The lowest BCUT2D eigenvalue weighted by Gasteiger charge is -2.20. The van der Waals surface area contributed by atoms with E-state index in [0.717, 1.165) is 44.0 Å². The first kappa shape index (κ1) is 13.1. The highest BCUT2D eigenvalue weighted by molar-refractivity contribution is 5.80. The van der Waals surface area contributed by atoms with Crippen molar-refractivity contribution in [1.82, 2.24) is 20.2 Å². The lowest BCUT2D eigenvalue weighted by Crippen LogP contribution is -2.34. The van der Waals surface area contributed by atoms with Crippen molar-refractivity contribution in [3.63, 3.8) is 0 Å². The Balaban J connectivity index is 2.21. The van der Waals surface area contributed by atoms with Crippen LogP contribution in [-0.4, -0.2) is 28.5 Å². The van der Waals surface area contributed by atoms with Gasteiger partial charge in [-0.1, -0.05) is 6.92 Å². The molecule has 2 rings (SSSR count). The summed E-state index contributed by atoms with van der Waals surface area (Å²) in [5.41, 5.74) is 2.30. The Labute approximate surface area is 108 Å². The standard InChI is InChI=1S/C13H22N4O/c1-4-6-15-13(18)9(2)17-10(3)16-11-8-14-7-5-12(11)17/h9,14H,4-8H2,1-3H3,(H,15,18). The van der Waals surface area contributed by atoms with Crippen LogP contribution < -0.4 is 10.6 Å². The molecule has 2 N–H and O–H groups in total. The SMILES string of the molecule is CCCNC(=O)C(C)n1c(C)nc2c1CCNC2. The van der Waals surface area contributed by atoms with Crippen LogP contribution >= 0.6 is 0 Å². The Morgan fingerprint density at radius 1 is 1.61 bits per heavy atom. The minimum atomic E-state index is -0.175. The summed E-state index contributed by atoms with van der Waals surface area (Å²) in [5, 5.41) is 6.26. The molecule has 18 heavy (non-hydrogen) atoms. The second-order valence-electron chi connectivity index (χ2n) is 4.82. The van der Waals surface area contributed by atoms with Crippen molar-refractivity contribution in [2.45, 2.75) is 46.2 Å². The van der Waals surface area contributed by atoms with Gasteiger partial charge in [0.15, 0.2) is 0 Å². The monoisotopic (exact) mass is 250 g/mol. The molecule has 5 heteroatoms. The molecule has 1 aromatic rings. The molecule has 0 saturated heterocycles. The van der Waals surface area contributed by atoms with Gasteiger partial charge in [-0.3, -0.25) is 4.79 Å². The predicted octanol–water partition coefficient (Wildman–Crippen LogP) is 0.924. The third kappa shape index (κ3) is 2.41. The van der Waals surface area contributed by atoms with Crippen molar-refractivity contribution in [1.29, 1.82) is 0 Å². The van der Waals surface area contributed by atoms with Crippen LogP contribution in [0.2, 0.25) is 0 Å². The van der Waals surface area contributed by atoms with E-state index >= 15 is 0 Å².